The predicted molar refractivity (Wildman–Crippen MR) is 97.6 cm³/mol. The highest BCUT2D eigenvalue weighted by molar-refractivity contribution is 5.74. The van der Waals surface area contributed by atoms with Crippen molar-refractivity contribution in [2.45, 2.75) is 17.9 Å². The van der Waals surface area contributed by atoms with E-state index in [1.807, 2.05) is 91.0 Å². The first kappa shape index (κ1) is 16.9. The van der Waals surface area contributed by atoms with E-state index < -0.39 is 18.0 Å². The monoisotopic (exact) mass is 332 g/mol. The Morgan fingerprint density at radius 3 is 1.36 bits per heavy atom. The number of aliphatic hydroxyl groups is 1. The zero-order valence-corrected chi connectivity index (χ0v) is 13.7. The summed E-state index contributed by atoms with van der Waals surface area (Å²) in [6.45, 7) is 0. The van der Waals surface area contributed by atoms with Crippen LogP contribution in [0.3, 0.4) is 0 Å². The van der Waals surface area contributed by atoms with Gasteiger partial charge in [-0.1, -0.05) is 91.0 Å². The first-order chi connectivity index (χ1) is 12.2. The Balaban J connectivity index is 2.18. The Morgan fingerprint density at radius 2 is 1.00 bits per heavy atom. The number of carbonyl (C=O) groups is 1. The first-order valence-electron chi connectivity index (χ1n) is 8.24. The lowest BCUT2D eigenvalue weighted by molar-refractivity contribution is -0.148. The van der Waals surface area contributed by atoms with Gasteiger partial charge in [0, 0.05) is 11.8 Å². The lowest BCUT2D eigenvalue weighted by Gasteiger charge is -2.30. The van der Waals surface area contributed by atoms with Gasteiger partial charge in [0.15, 0.2) is 6.10 Å². The second-order valence-electron chi connectivity index (χ2n) is 6.02. The number of hydrogen-bond donors (Lipinski definition) is 2. The van der Waals surface area contributed by atoms with E-state index in [1.165, 1.54) is 0 Å². The van der Waals surface area contributed by atoms with Gasteiger partial charge < -0.3 is 10.2 Å². The van der Waals surface area contributed by atoms with E-state index in [9.17, 15) is 15.0 Å². The molecule has 25 heavy (non-hydrogen) atoms. The van der Waals surface area contributed by atoms with Crippen LogP contribution < -0.4 is 0 Å². The maximum atomic E-state index is 11.6. The molecule has 0 saturated heterocycles. The lowest BCUT2D eigenvalue weighted by atomic mass is 9.74. The molecule has 0 aromatic heterocycles. The predicted octanol–water partition coefficient (Wildman–Crippen LogP) is 4.05. The van der Waals surface area contributed by atoms with Crippen molar-refractivity contribution in [3.05, 3.63) is 108 Å². The molecule has 126 valence electrons. The molecular formula is C22H20O3. The molecule has 3 aromatic carbocycles. The highest BCUT2D eigenvalue weighted by Crippen LogP contribution is 2.40. The summed E-state index contributed by atoms with van der Waals surface area (Å²) < 4.78 is 0. The van der Waals surface area contributed by atoms with Crippen molar-refractivity contribution in [3.8, 4) is 0 Å². The third kappa shape index (κ3) is 3.78. The minimum Gasteiger partial charge on any atom is -0.479 e. The van der Waals surface area contributed by atoms with E-state index in [0.29, 0.717) is 0 Å². The quantitative estimate of drug-likeness (QED) is 0.716. The van der Waals surface area contributed by atoms with Gasteiger partial charge in [-0.3, -0.25) is 0 Å². The molecular weight excluding hydrogens is 312 g/mol. The van der Waals surface area contributed by atoms with Gasteiger partial charge in [-0.2, -0.15) is 0 Å². The minimum atomic E-state index is -1.51. The highest BCUT2D eigenvalue weighted by Gasteiger charge is 2.35. The van der Waals surface area contributed by atoms with Crippen LogP contribution >= 0.6 is 0 Å². The summed E-state index contributed by atoms with van der Waals surface area (Å²) in [5.74, 6) is -2.08. The maximum absolute atomic E-state index is 11.6. The lowest BCUT2D eigenvalue weighted by Crippen LogP contribution is -2.32. The topological polar surface area (TPSA) is 57.5 Å². The molecule has 0 aliphatic rings. The molecule has 0 saturated carbocycles. The van der Waals surface area contributed by atoms with Crippen LogP contribution in [-0.4, -0.2) is 22.3 Å². The molecule has 0 fully saturated rings. The fourth-order valence-electron chi connectivity index (χ4n) is 3.31. The third-order valence-electron chi connectivity index (χ3n) is 4.45. The second-order valence-corrected chi connectivity index (χ2v) is 6.02. The molecule has 0 spiro atoms. The summed E-state index contributed by atoms with van der Waals surface area (Å²) in [7, 11) is 0. The fourth-order valence-corrected chi connectivity index (χ4v) is 3.31. The van der Waals surface area contributed by atoms with Crippen LogP contribution in [-0.2, 0) is 4.79 Å². The molecule has 3 nitrogen and oxygen atoms in total. The largest absolute Gasteiger partial charge is 0.479 e. The van der Waals surface area contributed by atoms with Gasteiger partial charge in [0.2, 0.25) is 0 Å². The van der Waals surface area contributed by atoms with Gasteiger partial charge >= 0.3 is 5.97 Å². The van der Waals surface area contributed by atoms with E-state index in [0.717, 1.165) is 16.7 Å². The van der Waals surface area contributed by atoms with Gasteiger partial charge in [0.05, 0.1) is 0 Å². The van der Waals surface area contributed by atoms with E-state index in [4.69, 9.17) is 0 Å². The Hall–Kier alpha value is -2.91. The Labute approximate surface area is 147 Å². The summed E-state index contributed by atoms with van der Waals surface area (Å²) in [5.41, 5.74) is 2.75. The van der Waals surface area contributed by atoms with Crippen LogP contribution in [0.15, 0.2) is 91.0 Å². The highest BCUT2D eigenvalue weighted by atomic mass is 16.4. The zero-order valence-electron chi connectivity index (χ0n) is 13.7. The third-order valence-corrected chi connectivity index (χ3v) is 4.45. The fraction of sp³-hybridized carbons (Fsp3) is 0.136. The molecule has 3 heteroatoms. The molecule has 0 amide bonds. The Kier molecular flexibility index (Phi) is 5.26. The van der Waals surface area contributed by atoms with Gasteiger partial charge in [0.25, 0.3) is 0 Å². The molecule has 0 bridgehead atoms. The van der Waals surface area contributed by atoms with E-state index in [1.54, 1.807) is 0 Å². The van der Waals surface area contributed by atoms with Crippen molar-refractivity contribution < 1.29 is 15.0 Å². The molecule has 0 heterocycles. The van der Waals surface area contributed by atoms with E-state index >= 15 is 0 Å². The van der Waals surface area contributed by atoms with Crippen LogP contribution in [0.2, 0.25) is 0 Å². The number of rotatable bonds is 6. The number of aliphatic hydroxyl groups excluding tert-OH is 1. The SMILES string of the molecule is O=C(O)[C@@H](O)C(c1ccccc1)C(c1ccccc1)c1ccccc1. The summed E-state index contributed by atoms with van der Waals surface area (Å²) in [4.78, 5) is 11.6. The molecule has 0 aliphatic carbocycles. The van der Waals surface area contributed by atoms with E-state index in [-0.39, 0.29) is 5.92 Å². The Morgan fingerprint density at radius 1 is 0.640 bits per heavy atom. The average Bonchev–Trinajstić information content (AvgIpc) is 2.67. The first-order valence-corrected chi connectivity index (χ1v) is 8.24. The minimum absolute atomic E-state index is 0.268. The normalized spacial score (nSPS) is 13.4. The summed E-state index contributed by atoms with van der Waals surface area (Å²) in [6, 6.07) is 28.8. The molecule has 3 aromatic rings. The Bertz CT molecular complexity index is 761. The molecule has 2 atom stereocenters. The van der Waals surface area contributed by atoms with Crippen LogP contribution in [0.4, 0.5) is 0 Å². The second kappa shape index (κ2) is 7.77. The maximum Gasteiger partial charge on any atom is 0.333 e. The van der Waals surface area contributed by atoms with Crippen molar-refractivity contribution in [2.75, 3.05) is 0 Å². The average molecular weight is 332 g/mol. The van der Waals surface area contributed by atoms with Crippen LogP contribution in [0, 0.1) is 0 Å². The molecule has 0 aliphatic heterocycles. The van der Waals surface area contributed by atoms with Crippen molar-refractivity contribution in [1.29, 1.82) is 0 Å². The van der Waals surface area contributed by atoms with Gasteiger partial charge in [-0.15, -0.1) is 0 Å². The molecule has 0 radical (unpaired) electrons. The summed E-state index contributed by atoms with van der Waals surface area (Å²) >= 11 is 0. The van der Waals surface area contributed by atoms with Crippen LogP contribution in [0.25, 0.3) is 0 Å². The van der Waals surface area contributed by atoms with Crippen LogP contribution in [0.5, 0.6) is 0 Å². The number of benzene rings is 3. The van der Waals surface area contributed by atoms with Crippen molar-refractivity contribution in [3.63, 3.8) is 0 Å². The van der Waals surface area contributed by atoms with Gasteiger partial charge in [-0.05, 0) is 16.7 Å². The standard InChI is InChI=1S/C22H20O3/c23-21(22(24)25)20(18-14-8-3-9-15-18)19(16-10-4-1-5-11-16)17-12-6-2-7-13-17/h1-15,19-21,23H,(H,24,25)/t20?,21-/m0/s1. The van der Waals surface area contributed by atoms with Gasteiger partial charge in [0.1, 0.15) is 0 Å². The van der Waals surface area contributed by atoms with Crippen molar-refractivity contribution in [2.24, 2.45) is 0 Å². The number of hydrogen-bond acceptors (Lipinski definition) is 2. The number of aliphatic carboxylic acids is 1. The smallest absolute Gasteiger partial charge is 0.333 e. The van der Waals surface area contributed by atoms with Gasteiger partial charge in [-0.25, -0.2) is 4.79 Å². The summed E-state index contributed by atoms with van der Waals surface area (Å²) in [6.07, 6.45) is -1.51. The van der Waals surface area contributed by atoms with Crippen molar-refractivity contribution >= 4 is 5.97 Å². The summed E-state index contributed by atoms with van der Waals surface area (Å²) in [5, 5.41) is 20.0. The molecule has 3 rings (SSSR count). The molecule has 2 N–H and O–H groups in total. The molecule has 1 unspecified atom stereocenters. The van der Waals surface area contributed by atoms with E-state index in [2.05, 4.69) is 0 Å². The van der Waals surface area contributed by atoms with Crippen LogP contribution in [0.1, 0.15) is 28.5 Å². The zero-order chi connectivity index (χ0) is 17.6. The number of carboxylic acid groups (broad SMARTS) is 1. The number of carboxylic acids is 1. The van der Waals surface area contributed by atoms with Crippen molar-refractivity contribution in [1.82, 2.24) is 0 Å².